The highest BCUT2D eigenvalue weighted by Gasteiger charge is 2.17. The number of nitrogens with zero attached hydrogens (tertiary/aromatic N) is 2. The Labute approximate surface area is 140 Å². The van der Waals surface area contributed by atoms with Crippen molar-refractivity contribution in [3.8, 4) is 11.1 Å². The van der Waals surface area contributed by atoms with Gasteiger partial charge in [0, 0.05) is 42.6 Å². The first-order chi connectivity index (χ1) is 10.9. The lowest BCUT2D eigenvalue weighted by Crippen LogP contribution is -2.42. The number of likely N-dealkylation sites (N-methyl/N-ethyl adjacent to an activating group) is 1. The SMILES string of the molecule is CC(NCCN(C)C(C)(C)C)c1ccccc1-c1cccnc1. The molecule has 2 rings (SSSR count). The number of pyridine rings is 1. The zero-order chi connectivity index (χ0) is 16.9. The molecule has 23 heavy (non-hydrogen) atoms. The van der Waals surface area contributed by atoms with Crippen molar-refractivity contribution in [2.24, 2.45) is 0 Å². The third kappa shape index (κ3) is 4.88. The molecule has 1 aromatic heterocycles. The molecule has 1 atom stereocenters. The largest absolute Gasteiger partial charge is 0.309 e. The van der Waals surface area contributed by atoms with Gasteiger partial charge in [0.05, 0.1) is 0 Å². The molecule has 0 amide bonds. The fourth-order valence-electron chi connectivity index (χ4n) is 2.55. The number of nitrogens with one attached hydrogen (secondary N) is 1. The maximum Gasteiger partial charge on any atom is 0.0346 e. The van der Waals surface area contributed by atoms with Gasteiger partial charge in [0.2, 0.25) is 0 Å². The fourth-order valence-corrected chi connectivity index (χ4v) is 2.55. The van der Waals surface area contributed by atoms with Crippen LogP contribution in [0.4, 0.5) is 0 Å². The topological polar surface area (TPSA) is 28.2 Å². The lowest BCUT2D eigenvalue weighted by atomic mass is 9.96. The van der Waals surface area contributed by atoms with E-state index in [1.165, 1.54) is 16.7 Å². The Morgan fingerprint density at radius 3 is 2.52 bits per heavy atom. The summed E-state index contributed by atoms with van der Waals surface area (Å²) >= 11 is 0. The van der Waals surface area contributed by atoms with Crippen LogP contribution in [0.15, 0.2) is 48.8 Å². The van der Waals surface area contributed by atoms with Gasteiger partial charge in [0.1, 0.15) is 0 Å². The van der Waals surface area contributed by atoms with Crippen molar-refractivity contribution < 1.29 is 0 Å². The van der Waals surface area contributed by atoms with E-state index in [0.29, 0.717) is 6.04 Å². The first-order valence-electron chi connectivity index (χ1n) is 8.33. The van der Waals surface area contributed by atoms with Gasteiger partial charge >= 0.3 is 0 Å². The molecule has 0 aliphatic carbocycles. The molecule has 1 unspecified atom stereocenters. The molecule has 124 valence electrons. The first-order valence-corrected chi connectivity index (χ1v) is 8.33. The second-order valence-corrected chi connectivity index (χ2v) is 7.10. The third-order valence-corrected chi connectivity index (χ3v) is 4.44. The maximum atomic E-state index is 4.25. The van der Waals surface area contributed by atoms with Gasteiger partial charge in [-0.1, -0.05) is 30.3 Å². The van der Waals surface area contributed by atoms with E-state index in [4.69, 9.17) is 0 Å². The second-order valence-electron chi connectivity index (χ2n) is 7.10. The molecular weight excluding hydrogens is 282 g/mol. The molecule has 1 aromatic carbocycles. The third-order valence-electron chi connectivity index (χ3n) is 4.44. The molecule has 1 N–H and O–H groups in total. The average Bonchev–Trinajstić information content (AvgIpc) is 2.54. The highest BCUT2D eigenvalue weighted by Crippen LogP contribution is 2.27. The lowest BCUT2D eigenvalue weighted by Gasteiger charge is -2.32. The van der Waals surface area contributed by atoms with Crippen LogP contribution in [-0.4, -0.2) is 35.6 Å². The number of hydrogen-bond donors (Lipinski definition) is 1. The Morgan fingerprint density at radius 2 is 1.87 bits per heavy atom. The molecule has 0 aliphatic heterocycles. The van der Waals surface area contributed by atoms with Crippen LogP contribution >= 0.6 is 0 Å². The summed E-state index contributed by atoms with van der Waals surface area (Å²) < 4.78 is 0. The number of benzene rings is 1. The summed E-state index contributed by atoms with van der Waals surface area (Å²) in [4.78, 5) is 6.62. The Bertz CT molecular complexity index is 602. The first kappa shape index (κ1) is 17.6. The van der Waals surface area contributed by atoms with Gasteiger partial charge in [-0.2, -0.15) is 0 Å². The van der Waals surface area contributed by atoms with Gasteiger partial charge in [-0.05, 0) is 51.9 Å². The van der Waals surface area contributed by atoms with Crippen molar-refractivity contribution in [1.82, 2.24) is 15.2 Å². The molecule has 0 bridgehead atoms. The van der Waals surface area contributed by atoms with Gasteiger partial charge in [0.15, 0.2) is 0 Å². The summed E-state index contributed by atoms with van der Waals surface area (Å²) in [5.74, 6) is 0. The van der Waals surface area contributed by atoms with E-state index >= 15 is 0 Å². The van der Waals surface area contributed by atoms with Crippen molar-refractivity contribution in [2.75, 3.05) is 20.1 Å². The normalized spacial score (nSPS) is 13.3. The van der Waals surface area contributed by atoms with Crippen LogP contribution < -0.4 is 5.32 Å². The molecule has 0 aliphatic rings. The molecule has 0 spiro atoms. The summed E-state index contributed by atoms with van der Waals surface area (Å²) in [5, 5.41) is 3.65. The number of hydrogen-bond acceptors (Lipinski definition) is 3. The van der Waals surface area contributed by atoms with Crippen LogP contribution in [0, 0.1) is 0 Å². The van der Waals surface area contributed by atoms with Crippen LogP contribution in [0.1, 0.15) is 39.3 Å². The lowest BCUT2D eigenvalue weighted by molar-refractivity contribution is 0.175. The van der Waals surface area contributed by atoms with Gasteiger partial charge in [-0.3, -0.25) is 4.98 Å². The van der Waals surface area contributed by atoms with Gasteiger partial charge in [-0.15, -0.1) is 0 Å². The van der Waals surface area contributed by atoms with Crippen LogP contribution in [0.3, 0.4) is 0 Å². The second kappa shape index (κ2) is 7.71. The Kier molecular flexibility index (Phi) is 5.91. The van der Waals surface area contributed by atoms with E-state index < -0.39 is 0 Å². The van der Waals surface area contributed by atoms with Crippen LogP contribution in [-0.2, 0) is 0 Å². The summed E-state index contributed by atoms with van der Waals surface area (Å²) in [6.45, 7) is 11.0. The smallest absolute Gasteiger partial charge is 0.0346 e. The summed E-state index contributed by atoms with van der Waals surface area (Å²) in [7, 11) is 2.18. The number of aromatic nitrogens is 1. The number of rotatable bonds is 6. The minimum absolute atomic E-state index is 0.207. The Hall–Kier alpha value is -1.71. The fraction of sp³-hybridized carbons (Fsp3) is 0.450. The monoisotopic (exact) mass is 311 g/mol. The zero-order valence-electron chi connectivity index (χ0n) is 15.0. The van der Waals surface area contributed by atoms with Crippen molar-refractivity contribution in [3.63, 3.8) is 0 Å². The molecule has 2 aromatic rings. The van der Waals surface area contributed by atoms with Crippen molar-refractivity contribution in [3.05, 3.63) is 54.4 Å². The summed E-state index contributed by atoms with van der Waals surface area (Å²) in [6.07, 6.45) is 3.75. The molecule has 0 fully saturated rings. The molecule has 1 heterocycles. The Balaban J connectivity index is 2.05. The van der Waals surface area contributed by atoms with E-state index in [1.54, 1.807) is 0 Å². The van der Waals surface area contributed by atoms with Gasteiger partial charge in [0.25, 0.3) is 0 Å². The predicted molar refractivity (Wildman–Crippen MR) is 98.5 cm³/mol. The standard InChI is InChI=1S/C20H29N3/c1-16(22-13-14-23(5)20(2,3)4)18-10-6-7-11-19(18)17-9-8-12-21-15-17/h6-12,15-16,22H,13-14H2,1-5H3. The zero-order valence-corrected chi connectivity index (χ0v) is 15.0. The van der Waals surface area contributed by atoms with Crippen LogP contribution in [0.5, 0.6) is 0 Å². The predicted octanol–water partition coefficient (Wildman–Crippen LogP) is 4.13. The minimum atomic E-state index is 0.207. The highest BCUT2D eigenvalue weighted by atomic mass is 15.2. The molecule has 0 saturated carbocycles. The van der Waals surface area contributed by atoms with Crippen molar-refractivity contribution in [2.45, 2.75) is 39.3 Å². The summed E-state index contributed by atoms with van der Waals surface area (Å²) in [6, 6.07) is 13.0. The van der Waals surface area contributed by atoms with E-state index in [2.05, 4.69) is 80.3 Å². The van der Waals surface area contributed by atoms with Gasteiger partial charge < -0.3 is 10.2 Å². The van der Waals surface area contributed by atoms with Crippen molar-refractivity contribution in [1.29, 1.82) is 0 Å². The molecule has 3 nitrogen and oxygen atoms in total. The molecular formula is C20H29N3. The van der Waals surface area contributed by atoms with E-state index in [1.807, 2.05) is 18.5 Å². The molecule has 0 saturated heterocycles. The summed E-state index contributed by atoms with van der Waals surface area (Å²) in [5.41, 5.74) is 3.95. The quantitative estimate of drug-likeness (QED) is 0.869. The molecule has 0 radical (unpaired) electrons. The van der Waals surface area contributed by atoms with E-state index in [9.17, 15) is 0 Å². The van der Waals surface area contributed by atoms with Crippen LogP contribution in [0.2, 0.25) is 0 Å². The highest BCUT2D eigenvalue weighted by molar-refractivity contribution is 5.67. The average molecular weight is 311 g/mol. The maximum absolute atomic E-state index is 4.25. The van der Waals surface area contributed by atoms with E-state index in [-0.39, 0.29) is 5.54 Å². The Morgan fingerprint density at radius 1 is 1.13 bits per heavy atom. The minimum Gasteiger partial charge on any atom is -0.309 e. The molecule has 3 heteroatoms. The van der Waals surface area contributed by atoms with Crippen LogP contribution in [0.25, 0.3) is 11.1 Å². The van der Waals surface area contributed by atoms with Crippen molar-refractivity contribution >= 4 is 0 Å². The van der Waals surface area contributed by atoms with E-state index in [0.717, 1.165) is 13.1 Å². The van der Waals surface area contributed by atoms with Gasteiger partial charge in [-0.25, -0.2) is 0 Å².